The number of aliphatic hydroxyl groups excluding tert-OH is 1. The molecule has 0 spiro atoms. The number of benzene rings is 1. The van der Waals surface area contributed by atoms with E-state index in [0.29, 0.717) is 17.2 Å². The molecule has 0 heterocycles. The van der Waals surface area contributed by atoms with Gasteiger partial charge >= 0.3 is 0 Å². The molecule has 0 fully saturated rings. The van der Waals surface area contributed by atoms with Gasteiger partial charge in [0.1, 0.15) is 0 Å². The highest BCUT2D eigenvalue weighted by Crippen LogP contribution is 2.37. The van der Waals surface area contributed by atoms with E-state index in [-0.39, 0.29) is 12.4 Å². The zero-order chi connectivity index (χ0) is 10.7. The molecule has 0 unspecified atom stereocenters. The van der Waals surface area contributed by atoms with Crippen LogP contribution in [0, 0.1) is 6.92 Å². The first-order chi connectivity index (χ1) is 6.61. The summed E-state index contributed by atoms with van der Waals surface area (Å²) in [6.07, 6.45) is 0.420. The molecule has 4 heteroatoms. The third-order valence-corrected chi connectivity index (χ3v) is 2.54. The van der Waals surface area contributed by atoms with Crippen LogP contribution in [-0.4, -0.2) is 23.9 Å². The molecule has 0 bridgehead atoms. The number of phenols is 1. The van der Waals surface area contributed by atoms with Gasteiger partial charge in [-0.3, -0.25) is 0 Å². The highest BCUT2D eigenvalue weighted by atomic mass is 35.5. The van der Waals surface area contributed by atoms with Crippen LogP contribution in [0.5, 0.6) is 11.5 Å². The maximum Gasteiger partial charge on any atom is 0.164 e. The number of halogens is 1. The number of ether oxygens (including phenoxy) is 1. The second-order valence-corrected chi connectivity index (χ2v) is 3.40. The van der Waals surface area contributed by atoms with Gasteiger partial charge in [-0.1, -0.05) is 11.6 Å². The van der Waals surface area contributed by atoms with Crippen LogP contribution in [0.3, 0.4) is 0 Å². The van der Waals surface area contributed by atoms with Crippen molar-refractivity contribution < 1.29 is 14.9 Å². The highest BCUT2D eigenvalue weighted by molar-refractivity contribution is 6.31. The van der Waals surface area contributed by atoms with E-state index < -0.39 is 0 Å². The zero-order valence-electron chi connectivity index (χ0n) is 8.17. The van der Waals surface area contributed by atoms with Crippen LogP contribution in [0.25, 0.3) is 0 Å². The van der Waals surface area contributed by atoms with Crippen molar-refractivity contribution in [1.29, 1.82) is 0 Å². The minimum Gasteiger partial charge on any atom is -0.504 e. The number of aliphatic hydroxyl groups is 1. The Labute approximate surface area is 87.9 Å². The number of phenolic OH excluding ortho intramolecular Hbond substituents is 1. The van der Waals surface area contributed by atoms with Crippen LogP contribution in [-0.2, 0) is 6.42 Å². The van der Waals surface area contributed by atoms with Gasteiger partial charge in [-0.25, -0.2) is 0 Å². The van der Waals surface area contributed by atoms with Gasteiger partial charge < -0.3 is 14.9 Å². The molecule has 2 N–H and O–H groups in total. The molecule has 0 radical (unpaired) electrons. The van der Waals surface area contributed by atoms with Crippen LogP contribution in [0.15, 0.2) is 6.07 Å². The number of methoxy groups -OCH3 is 1. The van der Waals surface area contributed by atoms with Crippen molar-refractivity contribution in [2.75, 3.05) is 13.7 Å². The third kappa shape index (κ3) is 1.94. The lowest BCUT2D eigenvalue weighted by Crippen LogP contribution is -1.99. The van der Waals surface area contributed by atoms with Gasteiger partial charge in [0, 0.05) is 23.3 Å². The average Bonchev–Trinajstić information content (AvgIpc) is 2.14. The molecule has 1 rings (SSSR count). The Bertz CT molecular complexity index is 337. The fourth-order valence-corrected chi connectivity index (χ4v) is 1.62. The molecule has 1 aromatic rings. The standard InChI is InChI=1S/C10H13ClO3/c1-6-7(3-4-12)10(14-2)9(13)5-8(6)11/h5,12-13H,3-4H2,1-2H3. The Morgan fingerprint density at radius 1 is 1.50 bits per heavy atom. The lowest BCUT2D eigenvalue weighted by atomic mass is 10.0. The molecule has 0 amide bonds. The largest absolute Gasteiger partial charge is 0.504 e. The monoisotopic (exact) mass is 216 g/mol. The van der Waals surface area contributed by atoms with Crippen LogP contribution < -0.4 is 4.74 Å². The molecule has 0 aliphatic carbocycles. The number of aromatic hydroxyl groups is 1. The number of hydrogen-bond donors (Lipinski definition) is 2. The van der Waals surface area contributed by atoms with Crippen molar-refractivity contribution >= 4 is 11.6 Å². The highest BCUT2D eigenvalue weighted by Gasteiger charge is 2.14. The van der Waals surface area contributed by atoms with Gasteiger partial charge in [0.15, 0.2) is 11.5 Å². The van der Waals surface area contributed by atoms with Gasteiger partial charge in [0.25, 0.3) is 0 Å². The zero-order valence-corrected chi connectivity index (χ0v) is 8.93. The average molecular weight is 217 g/mol. The third-order valence-electron chi connectivity index (χ3n) is 2.15. The van der Waals surface area contributed by atoms with Crippen molar-refractivity contribution in [3.05, 3.63) is 22.2 Å². The van der Waals surface area contributed by atoms with E-state index in [9.17, 15) is 5.11 Å². The van der Waals surface area contributed by atoms with Crippen molar-refractivity contribution in [2.45, 2.75) is 13.3 Å². The Morgan fingerprint density at radius 3 is 2.64 bits per heavy atom. The Morgan fingerprint density at radius 2 is 2.14 bits per heavy atom. The van der Waals surface area contributed by atoms with Crippen LogP contribution in [0.4, 0.5) is 0 Å². The summed E-state index contributed by atoms with van der Waals surface area (Å²) in [5.41, 5.74) is 1.58. The fourth-order valence-electron chi connectivity index (χ4n) is 1.40. The lowest BCUT2D eigenvalue weighted by Gasteiger charge is -2.13. The van der Waals surface area contributed by atoms with Crippen LogP contribution in [0.2, 0.25) is 5.02 Å². The van der Waals surface area contributed by atoms with E-state index in [1.165, 1.54) is 13.2 Å². The molecule has 78 valence electrons. The molecule has 3 nitrogen and oxygen atoms in total. The molecule has 14 heavy (non-hydrogen) atoms. The molecule has 0 aliphatic rings. The second-order valence-electron chi connectivity index (χ2n) is 2.99. The van der Waals surface area contributed by atoms with Gasteiger partial charge in [0.2, 0.25) is 0 Å². The van der Waals surface area contributed by atoms with Gasteiger partial charge in [-0.05, 0) is 18.9 Å². The number of rotatable bonds is 3. The molecular formula is C10H13ClO3. The normalized spacial score (nSPS) is 10.3. The molecular weight excluding hydrogens is 204 g/mol. The quantitative estimate of drug-likeness (QED) is 0.812. The summed E-state index contributed by atoms with van der Waals surface area (Å²) in [7, 11) is 1.48. The van der Waals surface area contributed by atoms with Crippen molar-refractivity contribution in [1.82, 2.24) is 0 Å². The first kappa shape index (κ1) is 11.1. The molecule has 0 atom stereocenters. The van der Waals surface area contributed by atoms with E-state index in [1.807, 2.05) is 6.92 Å². The predicted molar refractivity (Wildman–Crippen MR) is 55.2 cm³/mol. The molecule has 0 aromatic heterocycles. The summed E-state index contributed by atoms with van der Waals surface area (Å²) >= 11 is 5.89. The fraction of sp³-hybridized carbons (Fsp3) is 0.400. The van der Waals surface area contributed by atoms with E-state index >= 15 is 0 Å². The smallest absolute Gasteiger partial charge is 0.164 e. The maximum atomic E-state index is 9.53. The van der Waals surface area contributed by atoms with Crippen molar-refractivity contribution in [2.24, 2.45) is 0 Å². The van der Waals surface area contributed by atoms with E-state index in [0.717, 1.165) is 11.1 Å². The Hall–Kier alpha value is -0.930. The van der Waals surface area contributed by atoms with Gasteiger partial charge in [-0.15, -0.1) is 0 Å². The number of hydrogen-bond acceptors (Lipinski definition) is 3. The summed E-state index contributed by atoms with van der Waals surface area (Å²) in [5.74, 6) is 0.396. The molecule has 1 aromatic carbocycles. The van der Waals surface area contributed by atoms with E-state index in [2.05, 4.69) is 0 Å². The van der Waals surface area contributed by atoms with Crippen molar-refractivity contribution in [3.63, 3.8) is 0 Å². The Kier molecular flexibility index (Phi) is 3.61. The predicted octanol–water partition coefficient (Wildman–Crippen LogP) is 1.90. The molecule has 0 saturated heterocycles. The van der Waals surface area contributed by atoms with Crippen molar-refractivity contribution in [3.8, 4) is 11.5 Å². The van der Waals surface area contributed by atoms with E-state index in [4.69, 9.17) is 21.4 Å². The summed E-state index contributed by atoms with van der Waals surface area (Å²) in [6, 6.07) is 1.44. The maximum absolute atomic E-state index is 9.53. The summed E-state index contributed by atoms with van der Waals surface area (Å²) in [5, 5.41) is 18.9. The SMILES string of the molecule is COc1c(O)cc(Cl)c(C)c1CCO. The first-order valence-corrected chi connectivity index (χ1v) is 4.65. The summed E-state index contributed by atoms with van der Waals surface area (Å²) in [4.78, 5) is 0. The first-order valence-electron chi connectivity index (χ1n) is 4.27. The van der Waals surface area contributed by atoms with Crippen LogP contribution in [0.1, 0.15) is 11.1 Å². The van der Waals surface area contributed by atoms with Gasteiger partial charge in [0.05, 0.1) is 7.11 Å². The lowest BCUT2D eigenvalue weighted by molar-refractivity contribution is 0.295. The summed E-state index contributed by atoms with van der Waals surface area (Å²) in [6.45, 7) is 1.83. The minimum absolute atomic E-state index is 0.00299. The van der Waals surface area contributed by atoms with E-state index in [1.54, 1.807) is 0 Å². The summed E-state index contributed by atoms with van der Waals surface area (Å²) < 4.78 is 5.04. The van der Waals surface area contributed by atoms with Crippen LogP contribution >= 0.6 is 11.6 Å². The molecule has 0 aliphatic heterocycles. The van der Waals surface area contributed by atoms with Gasteiger partial charge in [-0.2, -0.15) is 0 Å². The Balaban J connectivity index is 3.32. The second kappa shape index (κ2) is 4.53. The minimum atomic E-state index is -0.00299. The molecule has 0 saturated carbocycles. The topological polar surface area (TPSA) is 49.7 Å².